The van der Waals surface area contributed by atoms with E-state index in [4.69, 9.17) is 5.14 Å². The molecule has 1 aromatic rings. The number of nitrogens with one attached hydrogen (secondary N) is 1. The van der Waals surface area contributed by atoms with Crippen LogP contribution in [0.15, 0.2) is 53.6 Å². The minimum Gasteiger partial charge on any atom is -0.381 e. The van der Waals surface area contributed by atoms with Crippen molar-refractivity contribution in [2.24, 2.45) is 5.14 Å². The van der Waals surface area contributed by atoms with E-state index in [0.717, 1.165) is 16.8 Å². The Morgan fingerprint density at radius 2 is 1.82 bits per heavy atom. The first kappa shape index (κ1) is 13.5. The molecule has 0 fully saturated rings. The van der Waals surface area contributed by atoms with Crippen molar-refractivity contribution in [2.45, 2.75) is 18.4 Å². The van der Waals surface area contributed by atoms with Gasteiger partial charge in [-0.25, -0.2) is 13.6 Å². The van der Waals surface area contributed by atoms with Crippen molar-refractivity contribution >= 4 is 10.0 Å². The van der Waals surface area contributed by atoms with Crippen LogP contribution in [0.1, 0.15) is 12.5 Å². The molecular weight excluding hydrogens is 236 g/mol. The molecule has 1 aromatic carbocycles. The van der Waals surface area contributed by atoms with Crippen molar-refractivity contribution in [3.05, 3.63) is 54.3 Å². The van der Waals surface area contributed by atoms with E-state index in [-0.39, 0.29) is 4.90 Å². The van der Waals surface area contributed by atoms with Gasteiger partial charge in [-0.3, -0.25) is 0 Å². The summed E-state index contributed by atoms with van der Waals surface area (Å²) < 4.78 is 22.1. The number of allylic oxidation sites excluding steroid dienone is 1. The summed E-state index contributed by atoms with van der Waals surface area (Å²) in [6, 6.07) is 6.38. The Bertz CT molecular complexity index is 530. The van der Waals surface area contributed by atoms with Crippen LogP contribution >= 0.6 is 0 Å². The predicted octanol–water partition coefficient (Wildman–Crippen LogP) is 1.51. The van der Waals surface area contributed by atoms with Crippen LogP contribution in [0.5, 0.6) is 0 Å². The number of nitrogens with two attached hydrogens (primary N) is 1. The van der Waals surface area contributed by atoms with Crippen LogP contribution in [0.2, 0.25) is 0 Å². The number of hydrogen-bond acceptors (Lipinski definition) is 3. The van der Waals surface area contributed by atoms with E-state index >= 15 is 0 Å². The quantitative estimate of drug-likeness (QED) is 0.780. The Balaban J connectivity index is 2.70. The Morgan fingerprint density at radius 1 is 1.29 bits per heavy atom. The van der Waals surface area contributed by atoms with E-state index in [1.807, 2.05) is 6.92 Å². The monoisotopic (exact) mass is 252 g/mol. The fraction of sp³-hybridized carbons (Fsp3) is 0.167. The van der Waals surface area contributed by atoms with Crippen LogP contribution in [0.4, 0.5) is 0 Å². The second-order valence-corrected chi connectivity index (χ2v) is 5.36. The Hall–Kier alpha value is -1.59. The third kappa shape index (κ3) is 4.05. The van der Waals surface area contributed by atoms with Gasteiger partial charge in [0.05, 0.1) is 4.90 Å². The predicted molar refractivity (Wildman–Crippen MR) is 68.6 cm³/mol. The van der Waals surface area contributed by atoms with E-state index in [1.165, 1.54) is 12.1 Å². The minimum atomic E-state index is -3.62. The summed E-state index contributed by atoms with van der Waals surface area (Å²) in [6.07, 6.45) is 0. The van der Waals surface area contributed by atoms with E-state index in [0.29, 0.717) is 6.54 Å². The van der Waals surface area contributed by atoms with Gasteiger partial charge in [-0.1, -0.05) is 25.3 Å². The molecule has 0 heterocycles. The van der Waals surface area contributed by atoms with Crippen molar-refractivity contribution in [3.63, 3.8) is 0 Å². The van der Waals surface area contributed by atoms with Gasteiger partial charge in [0.2, 0.25) is 10.0 Å². The summed E-state index contributed by atoms with van der Waals surface area (Å²) in [6.45, 7) is 9.98. The standard InChI is InChI=1S/C12H16N2O2S/c1-9(2)10(3)14-8-11-4-6-12(7-5-11)17(13,15)16/h4-7,14H,1,3,8H2,2H3,(H2,13,15,16). The zero-order valence-corrected chi connectivity index (χ0v) is 10.5. The molecule has 0 saturated carbocycles. The van der Waals surface area contributed by atoms with Crippen molar-refractivity contribution in [1.29, 1.82) is 0 Å². The lowest BCUT2D eigenvalue weighted by Gasteiger charge is -2.09. The third-order valence-corrected chi connectivity index (χ3v) is 3.20. The van der Waals surface area contributed by atoms with Crippen molar-refractivity contribution < 1.29 is 8.42 Å². The van der Waals surface area contributed by atoms with Crippen LogP contribution < -0.4 is 10.5 Å². The summed E-state index contributed by atoms with van der Waals surface area (Å²) in [5.74, 6) is 0. The first-order valence-electron chi connectivity index (χ1n) is 5.01. The highest BCUT2D eigenvalue weighted by Crippen LogP contribution is 2.09. The second-order valence-electron chi connectivity index (χ2n) is 3.80. The summed E-state index contributed by atoms with van der Waals surface area (Å²) >= 11 is 0. The summed E-state index contributed by atoms with van der Waals surface area (Å²) in [5, 5.41) is 8.08. The lowest BCUT2D eigenvalue weighted by molar-refractivity contribution is 0.597. The van der Waals surface area contributed by atoms with Gasteiger partial charge in [-0.05, 0) is 30.2 Å². The molecular formula is C12H16N2O2S. The lowest BCUT2D eigenvalue weighted by Crippen LogP contribution is -2.14. The summed E-state index contributed by atoms with van der Waals surface area (Å²) in [4.78, 5) is 0.111. The molecule has 0 bridgehead atoms. The Morgan fingerprint density at radius 3 is 2.24 bits per heavy atom. The molecule has 17 heavy (non-hydrogen) atoms. The molecule has 3 N–H and O–H groups in total. The molecule has 0 amide bonds. The van der Waals surface area contributed by atoms with Crippen LogP contribution in [0.3, 0.4) is 0 Å². The molecule has 0 unspecified atom stereocenters. The van der Waals surface area contributed by atoms with E-state index < -0.39 is 10.0 Å². The molecule has 0 spiro atoms. The molecule has 0 radical (unpaired) electrons. The molecule has 5 heteroatoms. The van der Waals surface area contributed by atoms with Crippen LogP contribution in [-0.4, -0.2) is 8.42 Å². The Labute approximate surface area is 102 Å². The van der Waals surface area contributed by atoms with Gasteiger partial charge < -0.3 is 5.32 Å². The molecule has 0 aliphatic carbocycles. The number of hydrogen-bond donors (Lipinski definition) is 2. The van der Waals surface area contributed by atoms with Crippen LogP contribution in [0, 0.1) is 0 Å². The smallest absolute Gasteiger partial charge is 0.238 e. The first-order valence-corrected chi connectivity index (χ1v) is 6.56. The number of sulfonamides is 1. The number of primary sulfonamides is 1. The van der Waals surface area contributed by atoms with Gasteiger partial charge in [0, 0.05) is 12.2 Å². The summed E-state index contributed by atoms with van der Waals surface area (Å²) in [5.41, 5.74) is 2.58. The highest BCUT2D eigenvalue weighted by molar-refractivity contribution is 7.89. The minimum absolute atomic E-state index is 0.111. The second kappa shape index (κ2) is 5.16. The number of rotatable bonds is 5. The Kier molecular flexibility index (Phi) is 4.09. The van der Waals surface area contributed by atoms with Crippen molar-refractivity contribution in [2.75, 3.05) is 0 Å². The largest absolute Gasteiger partial charge is 0.381 e. The van der Waals surface area contributed by atoms with Crippen molar-refractivity contribution in [3.8, 4) is 0 Å². The third-order valence-electron chi connectivity index (χ3n) is 2.27. The molecule has 1 rings (SSSR count). The van der Waals surface area contributed by atoms with Gasteiger partial charge in [0.15, 0.2) is 0 Å². The maximum absolute atomic E-state index is 11.0. The fourth-order valence-electron chi connectivity index (χ4n) is 1.16. The molecule has 0 aliphatic rings. The molecule has 0 aromatic heterocycles. The van der Waals surface area contributed by atoms with E-state index in [9.17, 15) is 8.42 Å². The highest BCUT2D eigenvalue weighted by Gasteiger charge is 2.06. The van der Waals surface area contributed by atoms with E-state index in [2.05, 4.69) is 18.5 Å². The topological polar surface area (TPSA) is 72.2 Å². The van der Waals surface area contributed by atoms with Gasteiger partial charge in [-0.15, -0.1) is 0 Å². The maximum Gasteiger partial charge on any atom is 0.238 e. The van der Waals surface area contributed by atoms with E-state index in [1.54, 1.807) is 12.1 Å². The normalized spacial score (nSPS) is 10.9. The van der Waals surface area contributed by atoms with Gasteiger partial charge >= 0.3 is 0 Å². The maximum atomic E-state index is 11.0. The number of benzene rings is 1. The SMILES string of the molecule is C=C(C)C(=C)NCc1ccc(S(N)(=O)=O)cc1. The zero-order valence-electron chi connectivity index (χ0n) is 9.73. The molecule has 4 nitrogen and oxygen atoms in total. The fourth-order valence-corrected chi connectivity index (χ4v) is 1.67. The van der Waals surface area contributed by atoms with Gasteiger partial charge in [0.25, 0.3) is 0 Å². The first-order chi connectivity index (χ1) is 7.80. The lowest BCUT2D eigenvalue weighted by atomic mass is 10.2. The molecule has 0 saturated heterocycles. The zero-order chi connectivity index (χ0) is 13.1. The van der Waals surface area contributed by atoms with Crippen LogP contribution in [-0.2, 0) is 16.6 Å². The average Bonchev–Trinajstić information content (AvgIpc) is 2.25. The molecule has 0 aliphatic heterocycles. The van der Waals surface area contributed by atoms with Gasteiger partial charge in [0.1, 0.15) is 0 Å². The molecule has 0 atom stereocenters. The summed E-state index contributed by atoms with van der Waals surface area (Å²) in [7, 11) is -3.62. The van der Waals surface area contributed by atoms with Gasteiger partial charge in [-0.2, -0.15) is 0 Å². The molecule has 92 valence electrons. The average molecular weight is 252 g/mol. The highest BCUT2D eigenvalue weighted by atomic mass is 32.2. The van der Waals surface area contributed by atoms with Crippen LogP contribution in [0.25, 0.3) is 0 Å². The van der Waals surface area contributed by atoms with Crippen molar-refractivity contribution in [1.82, 2.24) is 5.32 Å².